The molecule has 0 atom stereocenters. The van der Waals surface area contributed by atoms with Gasteiger partial charge < -0.3 is 10.1 Å². The van der Waals surface area contributed by atoms with Crippen molar-refractivity contribution in [3.05, 3.63) is 0 Å². The first-order valence-electron chi connectivity index (χ1n) is 5.45. The highest BCUT2D eigenvalue weighted by molar-refractivity contribution is 4.97. The van der Waals surface area contributed by atoms with Crippen LogP contribution in [-0.4, -0.2) is 25.3 Å². The summed E-state index contributed by atoms with van der Waals surface area (Å²) in [6.07, 6.45) is 3.84. The minimum absolute atomic E-state index is 0.460. The highest BCUT2D eigenvalue weighted by Crippen LogP contribution is 2.33. The second kappa shape index (κ2) is 4.97. The third-order valence-corrected chi connectivity index (χ3v) is 2.64. The van der Waals surface area contributed by atoms with Gasteiger partial charge in [-0.1, -0.05) is 13.8 Å². The lowest BCUT2D eigenvalue weighted by atomic mass is 10.1. The fourth-order valence-electron chi connectivity index (χ4n) is 1.21. The molecule has 0 saturated heterocycles. The maximum atomic E-state index is 5.51. The van der Waals surface area contributed by atoms with Crippen LogP contribution in [0.4, 0.5) is 0 Å². The lowest BCUT2D eigenvalue weighted by Crippen LogP contribution is -2.31. The van der Waals surface area contributed by atoms with E-state index in [4.69, 9.17) is 4.74 Å². The second-order valence-electron chi connectivity index (χ2n) is 4.78. The molecule has 1 N–H and O–H groups in total. The van der Waals surface area contributed by atoms with Gasteiger partial charge in [-0.2, -0.15) is 0 Å². The first-order valence-corrected chi connectivity index (χ1v) is 5.45. The monoisotopic (exact) mass is 185 g/mol. The van der Waals surface area contributed by atoms with Gasteiger partial charge in [-0.05, 0) is 32.1 Å². The molecule has 13 heavy (non-hydrogen) atoms. The zero-order valence-electron chi connectivity index (χ0n) is 9.23. The molecule has 0 aromatic carbocycles. The van der Waals surface area contributed by atoms with E-state index in [1.807, 2.05) is 0 Å². The Hall–Kier alpha value is -0.0800. The van der Waals surface area contributed by atoms with Crippen molar-refractivity contribution in [2.45, 2.75) is 45.6 Å². The molecular formula is C11H23NO. The van der Waals surface area contributed by atoms with E-state index in [1.165, 1.54) is 19.3 Å². The molecule has 1 aliphatic carbocycles. The van der Waals surface area contributed by atoms with Crippen LogP contribution in [0.25, 0.3) is 0 Å². The number of hydrogen-bond acceptors (Lipinski definition) is 2. The van der Waals surface area contributed by atoms with Crippen molar-refractivity contribution in [1.82, 2.24) is 5.32 Å². The summed E-state index contributed by atoms with van der Waals surface area (Å²) < 4.78 is 5.51. The van der Waals surface area contributed by atoms with Gasteiger partial charge in [-0.15, -0.1) is 0 Å². The zero-order chi connectivity index (χ0) is 9.73. The highest BCUT2D eigenvalue weighted by Gasteiger charge is 2.35. The molecule has 0 aromatic rings. The smallest absolute Gasteiger partial charge is 0.0591 e. The van der Waals surface area contributed by atoms with Crippen LogP contribution in [0, 0.1) is 5.92 Å². The molecular weight excluding hydrogens is 162 g/mol. The van der Waals surface area contributed by atoms with Crippen LogP contribution in [0.2, 0.25) is 0 Å². The Morgan fingerprint density at radius 1 is 1.31 bits per heavy atom. The highest BCUT2D eigenvalue weighted by atomic mass is 16.5. The lowest BCUT2D eigenvalue weighted by molar-refractivity contribution is 0.123. The Morgan fingerprint density at radius 3 is 2.54 bits per heavy atom. The molecule has 1 saturated carbocycles. The molecule has 0 aliphatic heterocycles. The van der Waals surface area contributed by atoms with E-state index in [9.17, 15) is 0 Å². The molecule has 78 valence electrons. The Morgan fingerprint density at radius 2 is 2.00 bits per heavy atom. The molecule has 0 unspecified atom stereocenters. The van der Waals surface area contributed by atoms with E-state index in [0.717, 1.165) is 25.7 Å². The first-order chi connectivity index (χ1) is 6.12. The van der Waals surface area contributed by atoms with Gasteiger partial charge in [0.15, 0.2) is 0 Å². The molecule has 2 nitrogen and oxygen atoms in total. The first kappa shape index (κ1) is 11.0. The van der Waals surface area contributed by atoms with Gasteiger partial charge in [0.05, 0.1) is 6.61 Å². The average Bonchev–Trinajstić information content (AvgIpc) is 2.76. The maximum Gasteiger partial charge on any atom is 0.0591 e. The van der Waals surface area contributed by atoms with Gasteiger partial charge in [0.25, 0.3) is 0 Å². The van der Waals surface area contributed by atoms with E-state index >= 15 is 0 Å². The molecule has 1 rings (SSSR count). The molecule has 0 heterocycles. The van der Waals surface area contributed by atoms with Gasteiger partial charge in [0, 0.05) is 18.7 Å². The van der Waals surface area contributed by atoms with Crippen LogP contribution in [0.5, 0.6) is 0 Å². The van der Waals surface area contributed by atoms with Crippen molar-refractivity contribution < 1.29 is 4.74 Å². The quantitative estimate of drug-likeness (QED) is 0.614. The fourth-order valence-corrected chi connectivity index (χ4v) is 1.21. The van der Waals surface area contributed by atoms with Gasteiger partial charge in [-0.25, -0.2) is 0 Å². The molecule has 0 spiro atoms. The zero-order valence-corrected chi connectivity index (χ0v) is 9.23. The van der Waals surface area contributed by atoms with Crippen LogP contribution in [0.15, 0.2) is 0 Å². The van der Waals surface area contributed by atoms with E-state index in [1.54, 1.807) is 0 Å². The van der Waals surface area contributed by atoms with Gasteiger partial charge in [-0.3, -0.25) is 0 Å². The summed E-state index contributed by atoms with van der Waals surface area (Å²) in [7, 11) is 0. The third-order valence-electron chi connectivity index (χ3n) is 2.64. The van der Waals surface area contributed by atoms with Gasteiger partial charge in [0.1, 0.15) is 0 Å². The summed E-state index contributed by atoms with van der Waals surface area (Å²) in [4.78, 5) is 0. The predicted octanol–water partition coefficient (Wildman–Crippen LogP) is 2.19. The Bertz CT molecular complexity index is 141. The van der Waals surface area contributed by atoms with E-state index in [0.29, 0.717) is 5.54 Å². The van der Waals surface area contributed by atoms with Crippen molar-refractivity contribution in [2.75, 3.05) is 19.8 Å². The standard InChI is InChI=1S/C11H23NO/c1-10(2)4-8-13-9-7-12-11(3)5-6-11/h10,12H,4-9H2,1-3H3. The third kappa shape index (κ3) is 5.27. The summed E-state index contributed by atoms with van der Waals surface area (Å²) >= 11 is 0. The molecule has 0 radical (unpaired) electrons. The Balaban J connectivity index is 1.79. The van der Waals surface area contributed by atoms with Crippen molar-refractivity contribution in [3.63, 3.8) is 0 Å². The molecule has 0 aromatic heterocycles. The summed E-state index contributed by atoms with van der Waals surface area (Å²) in [6.45, 7) is 9.52. The summed E-state index contributed by atoms with van der Waals surface area (Å²) in [5.74, 6) is 0.758. The maximum absolute atomic E-state index is 5.51. The van der Waals surface area contributed by atoms with Crippen molar-refractivity contribution in [3.8, 4) is 0 Å². The fraction of sp³-hybridized carbons (Fsp3) is 1.00. The minimum Gasteiger partial charge on any atom is -0.380 e. The van der Waals surface area contributed by atoms with Gasteiger partial charge >= 0.3 is 0 Å². The Labute approximate surface area is 82.0 Å². The predicted molar refractivity (Wildman–Crippen MR) is 55.9 cm³/mol. The molecule has 1 aliphatic rings. The summed E-state index contributed by atoms with van der Waals surface area (Å²) in [5.41, 5.74) is 0.460. The molecule has 2 heteroatoms. The van der Waals surface area contributed by atoms with E-state index < -0.39 is 0 Å². The Kier molecular flexibility index (Phi) is 4.20. The SMILES string of the molecule is CC(C)CCOCCNC1(C)CC1. The second-order valence-corrected chi connectivity index (χ2v) is 4.78. The number of ether oxygens (including phenoxy) is 1. The normalized spacial score (nSPS) is 19.4. The van der Waals surface area contributed by atoms with Crippen LogP contribution in [-0.2, 0) is 4.74 Å². The van der Waals surface area contributed by atoms with Crippen LogP contribution in [0.1, 0.15) is 40.0 Å². The summed E-state index contributed by atoms with van der Waals surface area (Å²) in [5, 5.41) is 3.50. The number of hydrogen-bond donors (Lipinski definition) is 1. The van der Waals surface area contributed by atoms with Gasteiger partial charge in [0.2, 0.25) is 0 Å². The molecule has 0 bridgehead atoms. The van der Waals surface area contributed by atoms with Crippen molar-refractivity contribution in [1.29, 1.82) is 0 Å². The number of rotatable bonds is 7. The largest absolute Gasteiger partial charge is 0.380 e. The molecule has 1 fully saturated rings. The van der Waals surface area contributed by atoms with E-state index in [2.05, 4.69) is 26.1 Å². The van der Waals surface area contributed by atoms with Crippen molar-refractivity contribution in [2.24, 2.45) is 5.92 Å². The lowest BCUT2D eigenvalue weighted by Gasteiger charge is -2.11. The van der Waals surface area contributed by atoms with Crippen molar-refractivity contribution >= 4 is 0 Å². The van der Waals surface area contributed by atoms with E-state index in [-0.39, 0.29) is 0 Å². The topological polar surface area (TPSA) is 21.3 Å². The van der Waals surface area contributed by atoms with Crippen LogP contribution in [0.3, 0.4) is 0 Å². The number of nitrogens with one attached hydrogen (secondary N) is 1. The van der Waals surface area contributed by atoms with Crippen LogP contribution >= 0.6 is 0 Å². The summed E-state index contributed by atoms with van der Waals surface area (Å²) in [6, 6.07) is 0. The molecule has 0 amide bonds. The minimum atomic E-state index is 0.460. The van der Waals surface area contributed by atoms with Crippen LogP contribution < -0.4 is 5.32 Å². The average molecular weight is 185 g/mol.